The Bertz CT molecular complexity index is 470. The van der Waals surface area contributed by atoms with Gasteiger partial charge in [-0.3, -0.25) is 4.79 Å². The Hall–Kier alpha value is -1.86. The van der Waals surface area contributed by atoms with Crippen LogP contribution in [0.3, 0.4) is 0 Å². The van der Waals surface area contributed by atoms with Gasteiger partial charge >= 0.3 is 12.8 Å². The van der Waals surface area contributed by atoms with Gasteiger partial charge in [-0.1, -0.05) is 0 Å². The van der Waals surface area contributed by atoms with E-state index in [9.17, 15) is 26.7 Å². The van der Waals surface area contributed by atoms with E-state index in [2.05, 4.69) is 4.74 Å². The van der Waals surface area contributed by atoms with Gasteiger partial charge in [-0.15, -0.1) is 0 Å². The number of carbonyl (C=O) groups is 1. The van der Waals surface area contributed by atoms with Crippen LogP contribution < -0.4 is 10.5 Å². The molecule has 8 heteroatoms. The molecule has 0 saturated heterocycles. The van der Waals surface area contributed by atoms with Gasteiger partial charge in [-0.05, 0) is 13.0 Å². The number of nitrogen functional groups attached to an aromatic ring is 1. The number of benzene rings is 1. The van der Waals surface area contributed by atoms with Crippen LogP contribution in [0.2, 0.25) is 0 Å². The number of carbonyl (C=O) groups excluding carboxylic acids is 1. The summed E-state index contributed by atoms with van der Waals surface area (Å²) >= 11 is 0. The number of Topliss-reactive ketones (excluding diaryl/α,β-unsaturated/α-hetero) is 1. The largest absolute Gasteiger partial charge is 0.434 e. The molecule has 0 aliphatic carbocycles. The fourth-order valence-corrected chi connectivity index (χ4v) is 1.41. The summed E-state index contributed by atoms with van der Waals surface area (Å²) in [6.07, 6.45) is -4.89. The Morgan fingerprint density at radius 3 is 2.28 bits per heavy atom. The number of halogens is 5. The van der Waals surface area contributed by atoms with E-state index in [1.807, 2.05) is 0 Å². The zero-order valence-corrected chi connectivity index (χ0v) is 9.02. The average molecular weight is 269 g/mol. The molecule has 0 radical (unpaired) electrons. The van der Waals surface area contributed by atoms with Crippen molar-refractivity contribution in [2.45, 2.75) is 19.7 Å². The number of rotatable bonds is 3. The molecule has 0 saturated carbocycles. The predicted molar refractivity (Wildman–Crippen MR) is 52.5 cm³/mol. The van der Waals surface area contributed by atoms with E-state index in [0.29, 0.717) is 6.07 Å². The molecular formula is C10H8F5NO2. The van der Waals surface area contributed by atoms with Crippen LogP contribution in [-0.2, 0) is 6.18 Å². The third-order valence-electron chi connectivity index (χ3n) is 2.00. The highest BCUT2D eigenvalue weighted by Crippen LogP contribution is 2.38. The molecule has 1 aromatic carbocycles. The average Bonchev–Trinajstić information content (AvgIpc) is 2.13. The molecule has 0 aliphatic rings. The van der Waals surface area contributed by atoms with Crippen LogP contribution in [0.15, 0.2) is 12.1 Å². The van der Waals surface area contributed by atoms with Gasteiger partial charge in [0, 0.05) is 11.8 Å². The number of hydrogen-bond donors (Lipinski definition) is 1. The van der Waals surface area contributed by atoms with Crippen LogP contribution in [0.25, 0.3) is 0 Å². The highest BCUT2D eigenvalue weighted by Gasteiger charge is 2.37. The lowest BCUT2D eigenvalue weighted by molar-refractivity contribution is -0.138. The van der Waals surface area contributed by atoms with Crippen molar-refractivity contribution in [2.75, 3.05) is 5.73 Å². The van der Waals surface area contributed by atoms with Crippen LogP contribution in [0.5, 0.6) is 5.75 Å². The molecule has 0 heterocycles. The van der Waals surface area contributed by atoms with Gasteiger partial charge < -0.3 is 10.5 Å². The maximum absolute atomic E-state index is 12.7. The molecule has 100 valence electrons. The highest BCUT2D eigenvalue weighted by molar-refractivity contribution is 5.99. The maximum Gasteiger partial charge on any atom is 0.417 e. The number of ketones is 1. The molecule has 0 spiro atoms. The van der Waals surface area contributed by atoms with Crippen molar-refractivity contribution in [3.8, 4) is 5.75 Å². The summed E-state index contributed by atoms with van der Waals surface area (Å²) < 4.78 is 66.0. The minimum absolute atomic E-state index is 0.428. The number of ether oxygens (including phenoxy) is 1. The molecule has 0 fully saturated rings. The fourth-order valence-electron chi connectivity index (χ4n) is 1.41. The Labute approximate surface area is 98.3 Å². The molecule has 2 N–H and O–H groups in total. The van der Waals surface area contributed by atoms with Crippen molar-refractivity contribution in [1.82, 2.24) is 0 Å². The summed E-state index contributed by atoms with van der Waals surface area (Å²) in [5.41, 5.74) is 2.38. The lowest BCUT2D eigenvalue weighted by Gasteiger charge is -2.16. The highest BCUT2D eigenvalue weighted by atomic mass is 19.4. The van der Waals surface area contributed by atoms with E-state index in [0.717, 1.165) is 13.0 Å². The van der Waals surface area contributed by atoms with E-state index in [-0.39, 0.29) is 0 Å². The van der Waals surface area contributed by atoms with Gasteiger partial charge in [0.1, 0.15) is 5.75 Å². The summed E-state index contributed by atoms with van der Waals surface area (Å²) in [4.78, 5) is 11.2. The van der Waals surface area contributed by atoms with Crippen LogP contribution in [0.4, 0.5) is 27.6 Å². The van der Waals surface area contributed by atoms with Gasteiger partial charge in [-0.25, -0.2) is 0 Å². The van der Waals surface area contributed by atoms with Crippen molar-refractivity contribution in [1.29, 1.82) is 0 Å². The van der Waals surface area contributed by atoms with Crippen molar-refractivity contribution in [3.63, 3.8) is 0 Å². The first kappa shape index (κ1) is 14.2. The smallest absolute Gasteiger partial charge is 0.417 e. The molecule has 0 atom stereocenters. The Balaban J connectivity index is 3.51. The number of alkyl halides is 5. The molecule has 0 aromatic heterocycles. The van der Waals surface area contributed by atoms with Gasteiger partial charge in [0.25, 0.3) is 0 Å². The SMILES string of the molecule is CC(=O)c1c(OC(F)F)cc(N)cc1C(F)(F)F. The van der Waals surface area contributed by atoms with E-state index in [4.69, 9.17) is 5.73 Å². The molecule has 0 unspecified atom stereocenters. The minimum Gasteiger partial charge on any atom is -0.434 e. The first-order chi connectivity index (χ1) is 8.12. The van der Waals surface area contributed by atoms with E-state index >= 15 is 0 Å². The lowest BCUT2D eigenvalue weighted by Crippen LogP contribution is -2.15. The fraction of sp³-hybridized carbons (Fsp3) is 0.300. The first-order valence-corrected chi connectivity index (χ1v) is 4.59. The van der Waals surface area contributed by atoms with Gasteiger partial charge in [0.05, 0.1) is 11.1 Å². The summed E-state index contributed by atoms with van der Waals surface area (Å²) in [7, 11) is 0. The second-order valence-electron chi connectivity index (χ2n) is 3.37. The summed E-state index contributed by atoms with van der Waals surface area (Å²) in [6, 6.07) is 1.24. The minimum atomic E-state index is -4.89. The molecule has 0 aliphatic heterocycles. The maximum atomic E-state index is 12.7. The second kappa shape index (κ2) is 4.79. The normalized spacial score (nSPS) is 11.7. The first-order valence-electron chi connectivity index (χ1n) is 4.59. The summed E-state index contributed by atoms with van der Waals surface area (Å²) in [6.45, 7) is -2.54. The summed E-state index contributed by atoms with van der Waals surface area (Å²) in [5.74, 6) is -1.93. The Kier molecular flexibility index (Phi) is 3.78. The zero-order valence-electron chi connectivity index (χ0n) is 9.02. The quantitative estimate of drug-likeness (QED) is 0.521. The number of anilines is 1. The zero-order chi connectivity index (χ0) is 14.1. The molecule has 0 bridgehead atoms. The van der Waals surface area contributed by atoms with Gasteiger partial charge in [0.15, 0.2) is 5.78 Å². The third kappa shape index (κ3) is 3.08. The molecule has 18 heavy (non-hydrogen) atoms. The predicted octanol–water partition coefficient (Wildman–Crippen LogP) is 3.09. The monoisotopic (exact) mass is 269 g/mol. The molecule has 3 nitrogen and oxygen atoms in total. The molecule has 0 amide bonds. The third-order valence-corrected chi connectivity index (χ3v) is 2.00. The second-order valence-corrected chi connectivity index (χ2v) is 3.37. The van der Waals surface area contributed by atoms with E-state index in [1.54, 1.807) is 0 Å². The van der Waals surface area contributed by atoms with E-state index in [1.165, 1.54) is 0 Å². The van der Waals surface area contributed by atoms with Crippen molar-refractivity contribution in [3.05, 3.63) is 23.3 Å². The van der Waals surface area contributed by atoms with E-state index < -0.39 is 41.1 Å². The van der Waals surface area contributed by atoms with Crippen molar-refractivity contribution >= 4 is 11.5 Å². The molecule has 1 aromatic rings. The van der Waals surface area contributed by atoms with Crippen LogP contribution >= 0.6 is 0 Å². The standard InChI is InChI=1S/C10H8F5NO2/c1-4(17)8-6(10(13,14)15)2-5(16)3-7(8)18-9(11)12/h2-3,9H,16H2,1H3. The van der Waals surface area contributed by atoms with Crippen molar-refractivity contribution in [2.24, 2.45) is 0 Å². The van der Waals surface area contributed by atoms with Crippen LogP contribution in [0, 0.1) is 0 Å². The number of nitrogens with two attached hydrogens (primary N) is 1. The Morgan fingerprint density at radius 2 is 1.89 bits per heavy atom. The Morgan fingerprint density at radius 1 is 1.33 bits per heavy atom. The van der Waals surface area contributed by atoms with Gasteiger partial charge in [-0.2, -0.15) is 22.0 Å². The summed E-state index contributed by atoms with van der Waals surface area (Å²) in [5, 5.41) is 0. The number of hydrogen-bond acceptors (Lipinski definition) is 3. The van der Waals surface area contributed by atoms with Crippen LogP contribution in [0.1, 0.15) is 22.8 Å². The van der Waals surface area contributed by atoms with Crippen molar-refractivity contribution < 1.29 is 31.5 Å². The van der Waals surface area contributed by atoms with Gasteiger partial charge in [0.2, 0.25) is 0 Å². The lowest BCUT2D eigenvalue weighted by atomic mass is 10.0. The molecule has 1 rings (SSSR count). The topological polar surface area (TPSA) is 52.3 Å². The van der Waals surface area contributed by atoms with Crippen LogP contribution in [-0.4, -0.2) is 12.4 Å². The molecular weight excluding hydrogens is 261 g/mol.